The van der Waals surface area contributed by atoms with Crippen LogP contribution in [0.1, 0.15) is 16.1 Å². The van der Waals surface area contributed by atoms with Gasteiger partial charge in [-0.2, -0.15) is 23.4 Å². The van der Waals surface area contributed by atoms with Crippen molar-refractivity contribution in [3.8, 4) is 5.69 Å². The van der Waals surface area contributed by atoms with E-state index < -0.39 is 23.3 Å². The Morgan fingerprint density at radius 3 is 2.80 bits per heavy atom. The lowest BCUT2D eigenvalue weighted by Gasteiger charge is -2.15. The number of hydrogen-bond acceptors (Lipinski definition) is 7. The maximum absolute atomic E-state index is 14.1. The summed E-state index contributed by atoms with van der Waals surface area (Å²) in [5, 5.41) is 11.6. The van der Waals surface area contributed by atoms with Crippen molar-refractivity contribution in [1.82, 2.24) is 19.7 Å². The number of benzene rings is 1. The van der Waals surface area contributed by atoms with Crippen molar-refractivity contribution < 1.29 is 18.0 Å². The summed E-state index contributed by atoms with van der Waals surface area (Å²) in [5.41, 5.74) is 5.72. The maximum Gasteiger partial charge on any atom is 0.434 e. The van der Waals surface area contributed by atoms with Gasteiger partial charge in [-0.1, -0.05) is 24.2 Å². The molecule has 9 nitrogen and oxygen atoms in total. The van der Waals surface area contributed by atoms with Crippen molar-refractivity contribution in [2.24, 2.45) is 10.8 Å². The zero-order chi connectivity index (χ0) is 25.3. The number of carbonyl (C=O) groups excluding carboxylic acids is 1. The third-order valence-corrected chi connectivity index (χ3v) is 5.78. The minimum Gasteiger partial charge on any atom is -0.382 e. The van der Waals surface area contributed by atoms with E-state index in [-0.39, 0.29) is 28.1 Å². The molecule has 35 heavy (non-hydrogen) atoms. The fourth-order valence-electron chi connectivity index (χ4n) is 3.21. The van der Waals surface area contributed by atoms with Crippen LogP contribution in [0.25, 0.3) is 15.9 Å². The number of amides is 1. The summed E-state index contributed by atoms with van der Waals surface area (Å²) in [4.78, 5) is 21.1. The number of para-hydroxylation sites is 1. The summed E-state index contributed by atoms with van der Waals surface area (Å²) in [5.74, 6) is -0.718. The van der Waals surface area contributed by atoms with Gasteiger partial charge in [-0.15, -0.1) is 11.3 Å². The summed E-state index contributed by atoms with van der Waals surface area (Å²) in [6.07, 6.45) is -1.48. The van der Waals surface area contributed by atoms with Crippen LogP contribution in [0.5, 0.6) is 0 Å². The third kappa shape index (κ3) is 4.81. The molecule has 0 fully saturated rings. The monoisotopic (exact) mass is 520 g/mol. The van der Waals surface area contributed by atoms with Crippen LogP contribution in [-0.4, -0.2) is 38.5 Å². The Morgan fingerprint density at radius 2 is 2.11 bits per heavy atom. The van der Waals surface area contributed by atoms with Crippen molar-refractivity contribution in [3.63, 3.8) is 0 Å². The Hall–Kier alpha value is -3.97. The average Bonchev–Trinajstić information content (AvgIpc) is 3.46. The Balaban J connectivity index is 1.68. The number of thiazole rings is 1. The number of pyridine rings is 1. The number of carbonyl (C=O) groups is 1. The molecule has 3 heterocycles. The fourth-order valence-corrected chi connectivity index (χ4v) is 4.20. The number of aromatic nitrogens is 4. The maximum atomic E-state index is 14.1. The van der Waals surface area contributed by atoms with Crippen LogP contribution in [0.4, 0.5) is 24.7 Å². The number of halogens is 4. The Morgan fingerprint density at radius 1 is 1.34 bits per heavy atom. The Bertz CT molecular complexity index is 1460. The summed E-state index contributed by atoms with van der Waals surface area (Å²) >= 11 is 7.50. The second-order valence-electron chi connectivity index (χ2n) is 7.03. The quantitative estimate of drug-likeness (QED) is 0.216. The lowest BCUT2D eigenvalue weighted by Crippen LogP contribution is -2.21. The number of rotatable bonds is 6. The molecule has 4 rings (SSSR count). The molecule has 0 aliphatic rings. The van der Waals surface area contributed by atoms with Crippen LogP contribution < -0.4 is 16.1 Å². The molecule has 4 aromatic rings. The zero-order valence-corrected chi connectivity index (χ0v) is 19.5. The normalized spacial score (nSPS) is 12.1. The van der Waals surface area contributed by atoms with Gasteiger partial charge >= 0.3 is 6.18 Å². The lowest BCUT2D eigenvalue weighted by atomic mass is 10.2. The van der Waals surface area contributed by atoms with E-state index in [0.29, 0.717) is 14.9 Å². The van der Waals surface area contributed by atoms with E-state index in [4.69, 9.17) is 17.3 Å². The molecule has 3 aromatic heterocycles. The van der Waals surface area contributed by atoms with E-state index >= 15 is 0 Å². The number of nitrogens with one attached hydrogen (secondary N) is 1. The van der Waals surface area contributed by atoms with Crippen LogP contribution >= 0.6 is 22.9 Å². The predicted octanol–water partition coefficient (Wildman–Crippen LogP) is 4.70. The van der Waals surface area contributed by atoms with Crippen molar-refractivity contribution in [3.05, 3.63) is 71.1 Å². The van der Waals surface area contributed by atoms with Gasteiger partial charge in [0, 0.05) is 7.05 Å². The van der Waals surface area contributed by atoms with Gasteiger partial charge in [0.1, 0.15) is 11.4 Å². The molecule has 180 valence electrons. The first-order chi connectivity index (χ1) is 16.6. The molecule has 0 saturated carbocycles. The predicted molar refractivity (Wildman–Crippen MR) is 129 cm³/mol. The SMILES string of the molecule is C=C/C(N)=N\N(C)c1ncc(NC(=O)c2cnn(-c3cccc4scnc34)c2C(F)(F)F)cc1Cl. The summed E-state index contributed by atoms with van der Waals surface area (Å²) in [7, 11) is 1.54. The van der Waals surface area contributed by atoms with E-state index in [9.17, 15) is 18.0 Å². The van der Waals surface area contributed by atoms with Crippen LogP contribution in [0.3, 0.4) is 0 Å². The van der Waals surface area contributed by atoms with Crippen LogP contribution in [0.2, 0.25) is 5.02 Å². The second kappa shape index (κ2) is 9.35. The molecule has 0 aliphatic heterocycles. The molecule has 0 unspecified atom stereocenters. The molecule has 14 heteroatoms. The van der Waals surface area contributed by atoms with Gasteiger partial charge in [0.2, 0.25) is 0 Å². The zero-order valence-electron chi connectivity index (χ0n) is 17.9. The van der Waals surface area contributed by atoms with E-state index in [0.717, 1.165) is 6.20 Å². The topological polar surface area (TPSA) is 114 Å². The molecule has 1 amide bonds. The smallest absolute Gasteiger partial charge is 0.382 e. The van der Waals surface area contributed by atoms with Gasteiger partial charge in [0.15, 0.2) is 11.5 Å². The van der Waals surface area contributed by atoms with Gasteiger partial charge in [-0.25, -0.2) is 19.7 Å². The van der Waals surface area contributed by atoms with Crippen molar-refractivity contribution >= 4 is 56.4 Å². The van der Waals surface area contributed by atoms with Crippen LogP contribution in [0.15, 0.2) is 59.9 Å². The average molecular weight is 521 g/mol. The van der Waals surface area contributed by atoms with E-state index in [1.165, 1.54) is 53.3 Å². The summed E-state index contributed by atoms with van der Waals surface area (Å²) < 4.78 is 43.5. The minimum absolute atomic E-state index is 0.0697. The first-order valence-corrected chi connectivity index (χ1v) is 11.0. The van der Waals surface area contributed by atoms with Gasteiger partial charge in [0.05, 0.1) is 44.6 Å². The minimum atomic E-state index is -4.88. The molecule has 3 N–H and O–H groups in total. The largest absolute Gasteiger partial charge is 0.434 e. The first-order valence-electron chi connectivity index (χ1n) is 9.75. The molecule has 0 bridgehead atoms. The van der Waals surface area contributed by atoms with E-state index in [1.54, 1.807) is 12.1 Å². The number of hydrazone groups is 1. The summed E-state index contributed by atoms with van der Waals surface area (Å²) in [6.45, 7) is 3.49. The number of nitrogens with two attached hydrogens (primary N) is 1. The highest BCUT2D eigenvalue weighted by Gasteiger charge is 2.41. The number of amidine groups is 1. The van der Waals surface area contributed by atoms with Crippen molar-refractivity contribution in [2.45, 2.75) is 6.18 Å². The molecule has 0 saturated heterocycles. The first kappa shape index (κ1) is 24.2. The number of alkyl halides is 3. The van der Waals surface area contributed by atoms with Gasteiger partial charge in [0.25, 0.3) is 5.91 Å². The molecule has 0 spiro atoms. The highest BCUT2D eigenvalue weighted by molar-refractivity contribution is 7.16. The number of anilines is 2. The lowest BCUT2D eigenvalue weighted by molar-refractivity contribution is -0.143. The van der Waals surface area contributed by atoms with E-state index in [2.05, 4.69) is 32.1 Å². The highest BCUT2D eigenvalue weighted by atomic mass is 35.5. The molecular weight excluding hydrogens is 505 g/mol. The Labute approximate surface area is 205 Å². The molecule has 0 atom stereocenters. The number of nitrogens with zero attached hydrogens (tertiary/aromatic N) is 6. The number of fused-ring (bicyclic) bond motifs is 1. The fraction of sp³-hybridized carbons (Fsp3) is 0.0952. The van der Waals surface area contributed by atoms with E-state index in [1.807, 2.05) is 0 Å². The van der Waals surface area contributed by atoms with Crippen molar-refractivity contribution in [2.75, 3.05) is 17.4 Å². The third-order valence-electron chi connectivity index (χ3n) is 4.71. The molecular formula is C21H16ClF3N8OS. The van der Waals surface area contributed by atoms with Gasteiger partial charge in [-0.3, -0.25) is 4.79 Å². The van der Waals surface area contributed by atoms with Gasteiger partial charge in [-0.05, 0) is 24.3 Å². The molecule has 0 aliphatic carbocycles. The van der Waals surface area contributed by atoms with Crippen LogP contribution in [0, 0.1) is 0 Å². The molecule has 1 aromatic carbocycles. The second-order valence-corrected chi connectivity index (χ2v) is 8.32. The number of hydrogen-bond donors (Lipinski definition) is 2. The van der Waals surface area contributed by atoms with Crippen LogP contribution in [-0.2, 0) is 6.18 Å². The van der Waals surface area contributed by atoms with Crippen molar-refractivity contribution in [1.29, 1.82) is 0 Å². The Kier molecular flexibility index (Phi) is 6.45. The highest BCUT2D eigenvalue weighted by Crippen LogP contribution is 2.36. The summed E-state index contributed by atoms with van der Waals surface area (Å²) in [6, 6.07) is 6.10. The standard InChI is InChI=1S/C21H16ClF3N8OS/c1-3-16(26)31-32(2)19-13(22)7-11(8-27-19)30-20(34)12-9-29-33(18(12)21(23,24)25)14-5-4-6-15-17(14)28-10-35-15/h3-10H,1H2,2H3,(H2,26,31)(H,30,34). The molecule has 0 radical (unpaired) electrons. The van der Waals surface area contributed by atoms with Gasteiger partial charge < -0.3 is 11.1 Å².